The molecule has 1 heterocycles. The maximum atomic E-state index is 11.1. The topological polar surface area (TPSA) is 26.3 Å². The first-order valence-electron chi connectivity index (χ1n) is 5.13. The van der Waals surface area contributed by atoms with E-state index in [2.05, 4.69) is 12.1 Å². The lowest BCUT2D eigenvalue weighted by molar-refractivity contribution is -0.118. The molecule has 0 aliphatic carbocycles. The van der Waals surface area contributed by atoms with Crippen molar-refractivity contribution in [2.75, 3.05) is 18.6 Å². The minimum atomic E-state index is 0.285. The number of Topliss-reactive ketones (excluding diaryl/α,β-unsaturated/α-hetero) is 1. The molecule has 0 atom stereocenters. The van der Waals surface area contributed by atoms with Crippen LogP contribution >= 0.6 is 0 Å². The zero-order valence-electron chi connectivity index (χ0n) is 8.86. The number of methoxy groups -OCH3 is 1. The molecular formula is C12H15O2S+. The molecule has 0 amide bonds. The maximum Gasteiger partial charge on any atom is 0.155 e. The highest BCUT2D eigenvalue weighted by Gasteiger charge is 2.28. The molecule has 3 heteroatoms. The van der Waals surface area contributed by atoms with Crippen LogP contribution in [-0.4, -0.2) is 24.4 Å². The number of ketones is 1. The number of benzene rings is 1. The Morgan fingerprint density at radius 2 is 1.73 bits per heavy atom. The minimum absolute atomic E-state index is 0.285. The Morgan fingerprint density at radius 1 is 1.13 bits per heavy atom. The lowest BCUT2D eigenvalue weighted by Gasteiger charge is -2.12. The van der Waals surface area contributed by atoms with Crippen LogP contribution in [-0.2, 0) is 15.7 Å². The van der Waals surface area contributed by atoms with Gasteiger partial charge in [-0.2, -0.15) is 0 Å². The van der Waals surface area contributed by atoms with Gasteiger partial charge in [0, 0.05) is 10.9 Å². The summed E-state index contributed by atoms with van der Waals surface area (Å²) in [6, 6.07) is 8.24. The van der Waals surface area contributed by atoms with Crippen molar-refractivity contribution in [3.63, 3.8) is 0 Å². The Kier molecular flexibility index (Phi) is 3.31. The van der Waals surface area contributed by atoms with Gasteiger partial charge in [-0.1, -0.05) is 0 Å². The first kappa shape index (κ1) is 10.6. The summed E-state index contributed by atoms with van der Waals surface area (Å²) in [5.41, 5.74) is 0. The molecular weight excluding hydrogens is 208 g/mol. The summed E-state index contributed by atoms with van der Waals surface area (Å²) in [6.07, 6.45) is 1.52. The summed E-state index contributed by atoms with van der Waals surface area (Å²) >= 11 is 0. The fourth-order valence-corrected chi connectivity index (χ4v) is 3.85. The van der Waals surface area contributed by atoms with Gasteiger partial charge in [0.05, 0.1) is 20.0 Å². The fraction of sp³-hybridized carbons (Fsp3) is 0.417. The summed E-state index contributed by atoms with van der Waals surface area (Å²) in [6.45, 7) is 0. The van der Waals surface area contributed by atoms with Crippen molar-refractivity contribution in [2.24, 2.45) is 0 Å². The Balaban J connectivity index is 2.06. The van der Waals surface area contributed by atoms with Gasteiger partial charge in [0.1, 0.15) is 23.0 Å². The lowest BCUT2D eigenvalue weighted by Crippen LogP contribution is -2.23. The summed E-state index contributed by atoms with van der Waals surface area (Å²) < 4.78 is 5.12. The van der Waals surface area contributed by atoms with Gasteiger partial charge in [-0.25, -0.2) is 0 Å². The number of carbonyl (C=O) groups excluding carboxylic acids is 1. The van der Waals surface area contributed by atoms with E-state index in [9.17, 15) is 4.79 Å². The predicted molar refractivity (Wildman–Crippen MR) is 62.6 cm³/mol. The Morgan fingerprint density at radius 3 is 2.27 bits per heavy atom. The molecule has 2 rings (SSSR count). The van der Waals surface area contributed by atoms with Gasteiger partial charge < -0.3 is 4.74 Å². The number of carbonyl (C=O) groups is 1. The number of hydrogen-bond acceptors (Lipinski definition) is 2. The van der Waals surface area contributed by atoms with Crippen molar-refractivity contribution < 1.29 is 9.53 Å². The average Bonchev–Trinajstić information content (AvgIpc) is 2.30. The van der Waals surface area contributed by atoms with Gasteiger partial charge in [0.25, 0.3) is 0 Å². The van der Waals surface area contributed by atoms with Crippen molar-refractivity contribution in [1.82, 2.24) is 0 Å². The highest BCUT2D eigenvalue weighted by Crippen LogP contribution is 2.22. The molecule has 1 saturated heterocycles. The Labute approximate surface area is 93.0 Å². The molecule has 0 N–H and O–H groups in total. The highest BCUT2D eigenvalue weighted by molar-refractivity contribution is 7.97. The molecule has 1 aliphatic rings. The van der Waals surface area contributed by atoms with Crippen molar-refractivity contribution in [3.8, 4) is 5.75 Å². The summed E-state index contributed by atoms with van der Waals surface area (Å²) in [5.74, 6) is 3.39. The van der Waals surface area contributed by atoms with Crippen molar-refractivity contribution in [1.29, 1.82) is 0 Å². The average molecular weight is 223 g/mol. The van der Waals surface area contributed by atoms with E-state index in [-0.39, 0.29) is 10.9 Å². The molecule has 1 aliphatic heterocycles. The second-order valence-corrected chi connectivity index (χ2v) is 5.89. The quantitative estimate of drug-likeness (QED) is 0.717. The standard InChI is InChI=1S/C12H15O2S/c1-14-11-2-4-12(5-3-11)15-8-6-10(13)7-9-15/h2-5H,6-9H2,1H3/q+1. The number of rotatable bonds is 2. The minimum Gasteiger partial charge on any atom is -0.497 e. The summed E-state index contributed by atoms with van der Waals surface area (Å²) in [7, 11) is 1.96. The van der Waals surface area contributed by atoms with E-state index in [1.165, 1.54) is 4.90 Å². The van der Waals surface area contributed by atoms with Crippen LogP contribution in [0.1, 0.15) is 12.8 Å². The lowest BCUT2D eigenvalue weighted by atomic mass is 10.2. The largest absolute Gasteiger partial charge is 0.497 e. The van der Waals surface area contributed by atoms with E-state index in [1.54, 1.807) is 7.11 Å². The van der Waals surface area contributed by atoms with E-state index in [0.717, 1.165) is 30.1 Å². The molecule has 0 saturated carbocycles. The first-order valence-corrected chi connectivity index (χ1v) is 6.69. The summed E-state index contributed by atoms with van der Waals surface area (Å²) in [5, 5.41) is 0. The van der Waals surface area contributed by atoms with Crippen LogP contribution < -0.4 is 4.74 Å². The third-order valence-electron chi connectivity index (χ3n) is 2.65. The van der Waals surface area contributed by atoms with Crippen molar-refractivity contribution >= 4 is 16.7 Å². The van der Waals surface area contributed by atoms with Crippen molar-refractivity contribution in [3.05, 3.63) is 24.3 Å². The zero-order chi connectivity index (χ0) is 10.7. The third kappa shape index (κ3) is 2.53. The van der Waals surface area contributed by atoms with E-state index in [1.807, 2.05) is 12.1 Å². The molecule has 1 aromatic carbocycles. The number of ether oxygens (including phenoxy) is 1. The van der Waals surface area contributed by atoms with Crippen LogP contribution in [0, 0.1) is 0 Å². The maximum absolute atomic E-state index is 11.1. The Bertz CT molecular complexity index is 335. The predicted octanol–water partition coefficient (Wildman–Crippen LogP) is 2.04. The number of hydrogen-bond donors (Lipinski definition) is 0. The van der Waals surface area contributed by atoms with E-state index in [4.69, 9.17) is 4.74 Å². The van der Waals surface area contributed by atoms with Crippen LogP contribution in [0.4, 0.5) is 0 Å². The molecule has 2 nitrogen and oxygen atoms in total. The smallest absolute Gasteiger partial charge is 0.155 e. The monoisotopic (exact) mass is 223 g/mol. The van der Waals surface area contributed by atoms with Crippen LogP contribution in [0.2, 0.25) is 0 Å². The van der Waals surface area contributed by atoms with Crippen LogP contribution in [0.3, 0.4) is 0 Å². The normalized spacial score (nSPS) is 17.8. The molecule has 0 unspecified atom stereocenters. The van der Waals surface area contributed by atoms with Gasteiger partial charge in [-0.3, -0.25) is 4.79 Å². The van der Waals surface area contributed by atoms with E-state index in [0.29, 0.717) is 5.78 Å². The highest BCUT2D eigenvalue weighted by atomic mass is 32.2. The van der Waals surface area contributed by atoms with Crippen molar-refractivity contribution in [2.45, 2.75) is 17.7 Å². The summed E-state index contributed by atoms with van der Waals surface area (Å²) in [4.78, 5) is 12.5. The molecule has 1 aromatic rings. The van der Waals surface area contributed by atoms with Gasteiger partial charge in [-0.05, 0) is 24.3 Å². The van der Waals surface area contributed by atoms with E-state index >= 15 is 0 Å². The molecule has 1 fully saturated rings. The van der Waals surface area contributed by atoms with Crippen LogP contribution in [0.5, 0.6) is 5.75 Å². The van der Waals surface area contributed by atoms with E-state index < -0.39 is 0 Å². The molecule has 0 aromatic heterocycles. The third-order valence-corrected chi connectivity index (χ3v) is 4.98. The van der Waals surface area contributed by atoms with Crippen LogP contribution in [0.15, 0.2) is 29.2 Å². The van der Waals surface area contributed by atoms with Gasteiger partial charge in [0.2, 0.25) is 0 Å². The van der Waals surface area contributed by atoms with Gasteiger partial charge >= 0.3 is 0 Å². The molecule has 0 radical (unpaired) electrons. The van der Waals surface area contributed by atoms with Gasteiger partial charge in [-0.15, -0.1) is 0 Å². The first-order chi connectivity index (χ1) is 7.29. The van der Waals surface area contributed by atoms with Gasteiger partial charge in [0.15, 0.2) is 4.90 Å². The molecule has 0 bridgehead atoms. The Hall–Kier alpha value is -0.960. The molecule has 0 spiro atoms. The molecule has 15 heavy (non-hydrogen) atoms. The zero-order valence-corrected chi connectivity index (χ0v) is 9.68. The SMILES string of the molecule is COc1ccc([S+]2CCC(=O)CC2)cc1. The fourth-order valence-electron chi connectivity index (χ4n) is 1.71. The second-order valence-electron chi connectivity index (χ2n) is 3.62. The molecule has 80 valence electrons. The van der Waals surface area contributed by atoms with Crippen LogP contribution in [0.25, 0.3) is 0 Å². The second kappa shape index (κ2) is 4.71.